The van der Waals surface area contributed by atoms with E-state index in [4.69, 9.17) is 4.74 Å². The van der Waals surface area contributed by atoms with Gasteiger partial charge in [0, 0.05) is 5.56 Å². The summed E-state index contributed by atoms with van der Waals surface area (Å²) >= 11 is 0. The molecule has 1 aromatic rings. The number of cyclic esters (lactones) is 1. The first-order valence-corrected chi connectivity index (χ1v) is 5.21. The van der Waals surface area contributed by atoms with Crippen LogP contribution in [0.4, 0.5) is 0 Å². The van der Waals surface area contributed by atoms with Crippen molar-refractivity contribution in [2.75, 3.05) is 0 Å². The topological polar surface area (TPSA) is 55.8 Å². The molecule has 0 aliphatic carbocycles. The van der Waals surface area contributed by atoms with Crippen LogP contribution in [0.15, 0.2) is 18.2 Å². The van der Waals surface area contributed by atoms with E-state index in [1.54, 1.807) is 18.2 Å². The number of aliphatic hydroxyl groups excluding tert-OH is 1. The number of ether oxygens (including phenoxy) is 2. The summed E-state index contributed by atoms with van der Waals surface area (Å²) in [5, 5.41) is 9.47. The first-order chi connectivity index (χ1) is 7.58. The molecule has 1 aromatic carbocycles. The molecule has 0 spiro atoms. The molecule has 1 heterocycles. The van der Waals surface area contributed by atoms with E-state index in [1.165, 1.54) is 0 Å². The summed E-state index contributed by atoms with van der Waals surface area (Å²) in [5.41, 5.74) is 1.88. The molecule has 4 heteroatoms. The normalized spacial score (nSPS) is 18.8. The Morgan fingerprint density at radius 1 is 1.50 bits per heavy atom. The molecule has 1 aliphatic heterocycles. The molecule has 0 radical (unpaired) electrons. The average Bonchev–Trinajstić information content (AvgIpc) is 2.52. The Morgan fingerprint density at radius 3 is 2.94 bits per heavy atom. The average molecular weight is 222 g/mol. The van der Waals surface area contributed by atoms with Crippen LogP contribution < -0.4 is 0 Å². The lowest BCUT2D eigenvalue weighted by Crippen LogP contribution is -2.03. The minimum atomic E-state index is -1.14. The van der Waals surface area contributed by atoms with Gasteiger partial charge in [0.25, 0.3) is 0 Å². The van der Waals surface area contributed by atoms with Crippen LogP contribution in [-0.2, 0) is 16.1 Å². The number of aliphatic hydroxyl groups is 1. The van der Waals surface area contributed by atoms with Crippen molar-refractivity contribution in [1.82, 2.24) is 0 Å². The van der Waals surface area contributed by atoms with Gasteiger partial charge < -0.3 is 14.6 Å². The number of hydrogen-bond donors (Lipinski definition) is 1. The predicted octanol–water partition coefficient (Wildman–Crippen LogP) is 1.77. The third kappa shape index (κ3) is 2.08. The molecule has 16 heavy (non-hydrogen) atoms. The molecule has 0 saturated heterocycles. The van der Waals surface area contributed by atoms with E-state index in [0.29, 0.717) is 17.7 Å². The number of benzene rings is 1. The third-order valence-corrected chi connectivity index (χ3v) is 2.40. The summed E-state index contributed by atoms with van der Waals surface area (Å²) in [5.74, 6) is -0.473. The molecule has 4 nitrogen and oxygen atoms in total. The first kappa shape index (κ1) is 11.1. The second-order valence-corrected chi connectivity index (χ2v) is 4.04. The molecule has 0 saturated carbocycles. The highest BCUT2D eigenvalue weighted by Crippen LogP contribution is 2.29. The highest BCUT2D eigenvalue weighted by molar-refractivity contribution is 5.93. The van der Waals surface area contributed by atoms with Gasteiger partial charge in [0.2, 0.25) is 6.29 Å². The zero-order valence-corrected chi connectivity index (χ0v) is 9.27. The number of rotatable bonds is 3. The fourth-order valence-corrected chi connectivity index (χ4v) is 1.58. The summed E-state index contributed by atoms with van der Waals surface area (Å²) in [6.07, 6.45) is -0.988. The largest absolute Gasteiger partial charge is 0.428 e. The van der Waals surface area contributed by atoms with Crippen LogP contribution in [-0.4, -0.2) is 17.2 Å². The van der Waals surface area contributed by atoms with Gasteiger partial charge in [-0.15, -0.1) is 0 Å². The van der Waals surface area contributed by atoms with Crippen molar-refractivity contribution < 1.29 is 19.4 Å². The van der Waals surface area contributed by atoms with Gasteiger partial charge >= 0.3 is 5.97 Å². The van der Waals surface area contributed by atoms with Crippen molar-refractivity contribution in [3.8, 4) is 0 Å². The summed E-state index contributed by atoms with van der Waals surface area (Å²) in [7, 11) is 0. The minimum absolute atomic E-state index is 0.149. The van der Waals surface area contributed by atoms with E-state index in [9.17, 15) is 9.90 Å². The molecule has 0 aromatic heterocycles. The molecule has 0 bridgehead atoms. The predicted molar refractivity (Wildman–Crippen MR) is 56.7 cm³/mol. The lowest BCUT2D eigenvalue weighted by molar-refractivity contribution is -0.0548. The Hall–Kier alpha value is -1.39. The zero-order valence-electron chi connectivity index (χ0n) is 9.27. The number of carbonyl (C=O) groups excluding carboxylic acids is 1. The van der Waals surface area contributed by atoms with Crippen molar-refractivity contribution in [1.29, 1.82) is 0 Å². The van der Waals surface area contributed by atoms with Crippen LogP contribution in [0.3, 0.4) is 0 Å². The minimum Gasteiger partial charge on any atom is -0.428 e. The van der Waals surface area contributed by atoms with Crippen LogP contribution in [0.25, 0.3) is 0 Å². The van der Waals surface area contributed by atoms with Crippen molar-refractivity contribution in [3.05, 3.63) is 34.9 Å². The Kier molecular flexibility index (Phi) is 2.94. The smallest absolute Gasteiger partial charge is 0.341 e. The molecular weight excluding hydrogens is 208 g/mol. The van der Waals surface area contributed by atoms with Gasteiger partial charge in [-0.3, -0.25) is 0 Å². The summed E-state index contributed by atoms with van der Waals surface area (Å²) in [4.78, 5) is 11.2. The summed E-state index contributed by atoms with van der Waals surface area (Å²) in [6, 6.07) is 5.21. The van der Waals surface area contributed by atoms with Gasteiger partial charge in [-0.25, -0.2) is 4.79 Å². The fourth-order valence-electron chi connectivity index (χ4n) is 1.58. The molecule has 1 N–H and O–H groups in total. The van der Waals surface area contributed by atoms with Crippen LogP contribution in [0.1, 0.15) is 41.6 Å². The van der Waals surface area contributed by atoms with Crippen LogP contribution in [0.2, 0.25) is 0 Å². The molecular formula is C12H14O4. The van der Waals surface area contributed by atoms with Gasteiger partial charge in [0.1, 0.15) is 0 Å². The number of esters is 1. The van der Waals surface area contributed by atoms with Gasteiger partial charge in [0.15, 0.2) is 0 Å². The summed E-state index contributed by atoms with van der Waals surface area (Å²) in [6.45, 7) is 4.37. The number of carbonyl (C=O) groups is 1. The maximum Gasteiger partial charge on any atom is 0.341 e. The van der Waals surface area contributed by atoms with E-state index in [2.05, 4.69) is 4.74 Å². The van der Waals surface area contributed by atoms with Crippen LogP contribution >= 0.6 is 0 Å². The van der Waals surface area contributed by atoms with E-state index in [0.717, 1.165) is 5.56 Å². The lowest BCUT2D eigenvalue weighted by atomic mass is 10.1. The Morgan fingerprint density at radius 2 is 2.25 bits per heavy atom. The molecule has 2 rings (SSSR count). The van der Waals surface area contributed by atoms with Crippen LogP contribution in [0.5, 0.6) is 0 Å². The molecule has 1 unspecified atom stereocenters. The first-order valence-electron chi connectivity index (χ1n) is 5.21. The van der Waals surface area contributed by atoms with E-state index in [1.807, 2.05) is 13.8 Å². The summed E-state index contributed by atoms with van der Waals surface area (Å²) < 4.78 is 10.1. The number of hydrogen-bond acceptors (Lipinski definition) is 4. The molecule has 1 atom stereocenters. The molecule has 0 fully saturated rings. The van der Waals surface area contributed by atoms with Crippen molar-refractivity contribution in [2.45, 2.75) is 32.8 Å². The van der Waals surface area contributed by atoms with Crippen molar-refractivity contribution in [2.24, 2.45) is 0 Å². The fraction of sp³-hybridized carbons (Fsp3) is 0.417. The zero-order chi connectivity index (χ0) is 11.7. The second-order valence-electron chi connectivity index (χ2n) is 4.04. The maximum atomic E-state index is 11.2. The quantitative estimate of drug-likeness (QED) is 0.792. The van der Waals surface area contributed by atoms with Gasteiger partial charge in [-0.1, -0.05) is 6.07 Å². The Balaban J connectivity index is 2.19. The van der Waals surface area contributed by atoms with Gasteiger partial charge in [-0.05, 0) is 31.5 Å². The highest BCUT2D eigenvalue weighted by atomic mass is 16.6. The van der Waals surface area contributed by atoms with Crippen molar-refractivity contribution >= 4 is 5.97 Å². The van der Waals surface area contributed by atoms with E-state index in [-0.39, 0.29) is 6.10 Å². The Labute approximate surface area is 93.8 Å². The monoisotopic (exact) mass is 222 g/mol. The molecule has 1 aliphatic rings. The molecule has 86 valence electrons. The Bertz CT molecular complexity index is 411. The third-order valence-electron chi connectivity index (χ3n) is 2.40. The molecule has 0 amide bonds. The van der Waals surface area contributed by atoms with Crippen molar-refractivity contribution in [3.63, 3.8) is 0 Å². The van der Waals surface area contributed by atoms with Crippen LogP contribution in [0, 0.1) is 0 Å². The maximum absolute atomic E-state index is 11.2. The second kappa shape index (κ2) is 4.23. The van der Waals surface area contributed by atoms with Gasteiger partial charge in [-0.2, -0.15) is 0 Å². The standard InChI is InChI=1S/C12H14O4/c1-7(2)15-6-8-3-4-9-10(5-8)12(14)16-11(9)13/h3-5,7,12,14H,6H2,1-2H3. The lowest BCUT2D eigenvalue weighted by Gasteiger charge is -2.08. The highest BCUT2D eigenvalue weighted by Gasteiger charge is 2.29. The SMILES string of the molecule is CC(C)OCc1ccc2c(c1)C(O)OC2=O. The van der Waals surface area contributed by atoms with E-state index < -0.39 is 12.3 Å². The van der Waals surface area contributed by atoms with E-state index >= 15 is 0 Å². The number of fused-ring (bicyclic) bond motifs is 1. The van der Waals surface area contributed by atoms with Gasteiger partial charge in [0.05, 0.1) is 18.3 Å².